The van der Waals surface area contributed by atoms with E-state index in [1.54, 1.807) is 0 Å². The maximum atomic E-state index is 3.59. The largest absolute Gasteiger partial charge is 0.311 e. The summed E-state index contributed by atoms with van der Waals surface area (Å²) in [7, 11) is 0. The molecular formula is C50H34N2. The Kier molecular flexibility index (Phi) is 8.14. The van der Waals surface area contributed by atoms with Gasteiger partial charge < -0.3 is 9.80 Å². The van der Waals surface area contributed by atoms with Crippen molar-refractivity contribution < 1.29 is 0 Å². The third kappa shape index (κ3) is 5.81. The lowest BCUT2D eigenvalue weighted by Gasteiger charge is -2.27. The summed E-state index contributed by atoms with van der Waals surface area (Å²) in [5, 5.41) is 7.12. The maximum absolute atomic E-state index is 3.59. The van der Waals surface area contributed by atoms with Gasteiger partial charge in [-0.1, -0.05) is 133 Å². The molecule has 2 heteroatoms. The van der Waals surface area contributed by atoms with Crippen molar-refractivity contribution in [2.75, 3.05) is 9.80 Å². The topological polar surface area (TPSA) is 6.48 Å². The molecule has 2 nitrogen and oxygen atoms in total. The van der Waals surface area contributed by atoms with E-state index in [-0.39, 0.29) is 0 Å². The average Bonchev–Trinajstić information content (AvgIpc) is 3.22. The second kappa shape index (κ2) is 13.7. The molecule has 0 saturated heterocycles. The van der Waals surface area contributed by atoms with Gasteiger partial charge in [-0.2, -0.15) is 0 Å². The van der Waals surface area contributed by atoms with E-state index in [2.05, 4.69) is 216 Å². The van der Waals surface area contributed by atoms with Crippen LogP contribution in [-0.2, 0) is 0 Å². The fourth-order valence-corrected chi connectivity index (χ4v) is 7.24. The van der Waals surface area contributed by atoms with Crippen LogP contribution in [0.2, 0.25) is 0 Å². The standard InChI is InChI=1S/C50H34N2/c1-5-17-39(18-6-1)51(40-19-7-2-8-20-40)43-33-30-37(31-34-43)29-32-38-35-48-46-27-15-16-28-47(46)50(36-49(48)45-26-14-13-25-44(38)45)52(41-21-9-3-10-22-41)42-23-11-4-12-24-42/h1-28,30-31,33-36H. The van der Waals surface area contributed by atoms with Crippen molar-refractivity contribution in [2.45, 2.75) is 0 Å². The molecule has 0 aliphatic rings. The number of benzene rings is 9. The lowest BCUT2D eigenvalue weighted by molar-refractivity contribution is 1.28. The van der Waals surface area contributed by atoms with Crippen LogP contribution < -0.4 is 9.80 Å². The smallest absolute Gasteiger partial charge is 0.0546 e. The molecule has 0 N–H and O–H groups in total. The predicted octanol–water partition coefficient (Wildman–Crippen LogP) is 13.5. The Hall–Kier alpha value is -7.08. The third-order valence-electron chi connectivity index (χ3n) is 9.63. The van der Waals surface area contributed by atoms with Crippen LogP contribution in [0.5, 0.6) is 0 Å². The van der Waals surface area contributed by atoms with E-state index in [1.165, 1.54) is 26.9 Å². The molecule has 0 bridgehead atoms. The first-order valence-electron chi connectivity index (χ1n) is 17.6. The van der Waals surface area contributed by atoms with Crippen molar-refractivity contribution in [1.82, 2.24) is 0 Å². The zero-order chi connectivity index (χ0) is 34.7. The number of nitrogens with zero attached hydrogens (tertiary/aromatic N) is 2. The molecule has 52 heavy (non-hydrogen) atoms. The second-order valence-corrected chi connectivity index (χ2v) is 12.8. The summed E-state index contributed by atoms with van der Waals surface area (Å²) in [6, 6.07) is 72.8. The molecule has 0 aliphatic heterocycles. The van der Waals surface area contributed by atoms with Gasteiger partial charge in [0.1, 0.15) is 0 Å². The fourth-order valence-electron chi connectivity index (χ4n) is 7.24. The molecule has 9 rings (SSSR count). The first-order valence-corrected chi connectivity index (χ1v) is 17.6. The third-order valence-corrected chi connectivity index (χ3v) is 9.63. The number of anilines is 6. The summed E-state index contributed by atoms with van der Waals surface area (Å²) in [5.41, 5.74) is 8.67. The van der Waals surface area contributed by atoms with Crippen LogP contribution >= 0.6 is 0 Å². The lowest BCUT2D eigenvalue weighted by Crippen LogP contribution is -2.10. The molecule has 244 valence electrons. The quantitative estimate of drug-likeness (QED) is 0.129. The van der Waals surface area contributed by atoms with E-state index in [0.29, 0.717) is 0 Å². The van der Waals surface area contributed by atoms with Crippen molar-refractivity contribution in [2.24, 2.45) is 0 Å². The SMILES string of the molecule is C(#Cc1cc2c3ccccc3c(N(c3ccccc3)c3ccccc3)cc2c2ccccc12)c1ccc(N(c2ccccc2)c2ccccc2)cc1. The van der Waals surface area contributed by atoms with Crippen LogP contribution in [0, 0.1) is 11.8 Å². The molecule has 0 atom stereocenters. The summed E-state index contributed by atoms with van der Waals surface area (Å²) in [6.07, 6.45) is 0. The van der Waals surface area contributed by atoms with Crippen LogP contribution in [0.25, 0.3) is 32.3 Å². The highest BCUT2D eigenvalue weighted by Gasteiger charge is 2.19. The summed E-state index contributed by atoms with van der Waals surface area (Å²) in [5.74, 6) is 7.10. The first kappa shape index (κ1) is 30.9. The Morgan fingerprint density at radius 1 is 0.269 bits per heavy atom. The van der Waals surface area contributed by atoms with Crippen LogP contribution in [-0.4, -0.2) is 0 Å². The minimum Gasteiger partial charge on any atom is -0.311 e. The normalized spacial score (nSPS) is 10.9. The molecule has 0 saturated carbocycles. The maximum Gasteiger partial charge on any atom is 0.0546 e. The van der Waals surface area contributed by atoms with Crippen molar-refractivity contribution >= 4 is 66.4 Å². The zero-order valence-electron chi connectivity index (χ0n) is 28.5. The molecule has 0 unspecified atom stereocenters. The van der Waals surface area contributed by atoms with Gasteiger partial charge in [0.25, 0.3) is 0 Å². The van der Waals surface area contributed by atoms with E-state index in [4.69, 9.17) is 0 Å². The zero-order valence-corrected chi connectivity index (χ0v) is 28.5. The molecule has 0 heterocycles. The Morgan fingerprint density at radius 3 is 1.17 bits per heavy atom. The Bertz CT molecular complexity index is 2630. The fraction of sp³-hybridized carbons (Fsp3) is 0. The highest BCUT2D eigenvalue weighted by molar-refractivity contribution is 6.22. The molecule has 0 radical (unpaired) electrons. The molecule has 9 aromatic rings. The molecule has 0 fully saturated rings. The predicted molar refractivity (Wildman–Crippen MR) is 221 cm³/mol. The van der Waals surface area contributed by atoms with E-state index >= 15 is 0 Å². The molecule has 9 aromatic carbocycles. The van der Waals surface area contributed by atoms with Crippen molar-refractivity contribution in [3.8, 4) is 11.8 Å². The van der Waals surface area contributed by atoms with Crippen molar-refractivity contribution in [3.63, 3.8) is 0 Å². The van der Waals surface area contributed by atoms with Gasteiger partial charge in [-0.05, 0) is 112 Å². The van der Waals surface area contributed by atoms with Gasteiger partial charge in [0.2, 0.25) is 0 Å². The number of hydrogen-bond donors (Lipinski definition) is 0. The van der Waals surface area contributed by atoms with Gasteiger partial charge in [0, 0.05) is 45.0 Å². The summed E-state index contributed by atoms with van der Waals surface area (Å²) >= 11 is 0. The Labute approximate surface area is 304 Å². The molecule has 0 aliphatic carbocycles. The van der Waals surface area contributed by atoms with Crippen LogP contribution in [0.4, 0.5) is 34.1 Å². The van der Waals surface area contributed by atoms with E-state index in [0.717, 1.165) is 50.6 Å². The van der Waals surface area contributed by atoms with Gasteiger partial charge in [0.15, 0.2) is 0 Å². The first-order chi connectivity index (χ1) is 25.8. The second-order valence-electron chi connectivity index (χ2n) is 12.8. The number of hydrogen-bond acceptors (Lipinski definition) is 2. The minimum absolute atomic E-state index is 0.968. The van der Waals surface area contributed by atoms with Gasteiger partial charge in [-0.3, -0.25) is 0 Å². The van der Waals surface area contributed by atoms with Crippen molar-refractivity contribution in [1.29, 1.82) is 0 Å². The van der Waals surface area contributed by atoms with Crippen molar-refractivity contribution in [3.05, 3.63) is 217 Å². The van der Waals surface area contributed by atoms with Crippen LogP contribution in [0.15, 0.2) is 206 Å². The highest BCUT2D eigenvalue weighted by atomic mass is 15.1. The van der Waals surface area contributed by atoms with E-state index < -0.39 is 0 Å². The van der Waals surface area contributed by atoms with Gasteiger partial charge in [0.05, 0.1) is 5.69 Å². The number of para-hydroxylation sites is 4. The lowest BCUT2D eigenvalue weighted by atomic mass is 9.92. The van der Waals surface area contributed by atoms with Crippen LogP contribution in [0.3, 0.4) is 0 Å². The highest BCUT2D eigenvalue weighted by Crippen LogP contribution is 2.44. The number of rotatable bonds is 6. The average molecular weight is 663 g/mol. The summed E-state index contributed by atoms with van der Waals surface area (Å²) in [6.45, 7) is 0. The molecule has 0 aromatic heterocycles. The summed E-state index contributed by atoms with van der Waals surface area (Å²) < 4.78 is 0. The summed E-state index contributed by atoms with van der Waals surface area (Å²) in [4.78, 5) is 4.63. The Morgan fingerprint density at radius 2 is 0.654 bits per heavy atom. The van der Waals surface area contributed by atoms with E-state index in [9.17, 15) is 0 Å². The molecule has 0 amide bonds. The molecular weight excluding hydrogens is 629 g/mol. The minimum atomic E-state index is 0.968. The monoisotopic (exact) mass is 662 g/mol. The van der Waals surface area contributed by atoms with Gasteiger partial charge >= 0.3 is 0 Å². The number of fused-ring (bicyclic) bond motifs is 5. The van der Waals surface area contributed by atoms with E-state index in [1.807, 2.05) is 12.1 Å². The Balaban J connectivity index is 1.17. The van der Waals surface area contributed by atoms with Gasteiger partial charge in [-0.25, -0.2) is 0 Å². The van der Waals surface area contributed by atoms with Gasteiger partial charge in [-0.15, -0.1) is 0 Å². The van der Waals surface area contributed by atoms with Crippen LogP contribution in [0.1, 0.15) is 11.1 Å². The molecule has 0 spiro atoms.